The third kappa shape index (κ3) is 1.77. The van der Waals surface area contributed by atoms with Gasteiger partial charge in [-0.15, -0.1) is 0 Å². The van der Waals surface area contributed by atoms with Gasteiger partial charge in [-0.3, -0.25) is 0 Å². The number of nitrogens with zero attached hydrogens (tertiary/aromatic N) is 3. The maximum Gasteiger partial charge on any atom is 0.154 e. The molecule has 0 unspecified atom stereocenters. The highest BCUT2D eigenvalue weighted by Crippen LogP contribution is 1.96. The van der Waals surface area contributed by atoms with Gasteiger partial charge in [-0.2, -0.15) is 5.10 Å². The normalized spacial score (nSPS) is 11.8. The number of allylic oxidation sites excluding steroid dienone is 2. The third-order valence-corrected chi connectivity index (χ3v) is 1.21. The van der Waals surface area contributed by atoms with E-state index in [0.717, 1.165) is 5.82 Å². The van der Waals surface area contributed by atoms with Gasteiger partial charge < -0.3 is 0 Å². The molecule has 11 heavy (non-hydrogen) atoms. The highest BCUT2D eigenvalue weighted by Gasteiger charge is 1.93. The summed E-state index contributed by atoms with van der Waals surface area (Å²) in [5.41, 5.74) is 0. The predicted molar refractivity (Wildman–Crippen MR) is 45.7 cm³/mol. The van der Waals surface area contributed by atoms with Gasteiger partial charge in [-0.05, 0) is 19.9 Å². The van der Waals surface area contributed by atoms with Crippen molar-refractivity contribution in [3.05, 3.63) is 24.3 Å². The van der Waals surface area contributed by atoms with Gasteiger partial charge in [0.05, 0.1) is 0 Å². The van der Waals surface area contributed by atoms with Crippen LogP contribution in [0.25, 0.3) is 12.3 Å². The second kappa shape index (κ2) is 3.71. The summed E-state index contributed by atoms with van der Waals surface area (Å²) in [6.45, 7) is 3.90. The molecule has 0 spiro atoms. The minimum Gasteiger partial charge on any atom is -0.222 e. The molecule has 0 fully saturated rings. The van der Waals surface area contributed by atoms with E-state index in [0.29, 0.717) is 0 Å². The SMILES string of the molecule is C/C=C\c1ncnn1/C=C\C. The summed E-state index contributed by atoms with van der Waals surface area (Å²) in [6.07, 6.45) is 9.16. The van der Waals surface area contributed by atoms with Crippen molar-refractivity contribution in [2.75, 3.05) is 0 Å². The summed E-state index contributed by atoms with van der Waals surface area (Å²) >= 11 is 0. The van der Waals surface area contributed by atoms with Crippen LogP contribution in [-0.4, -0.2) is 14.8 Å². The molecule has 0 aliphatic heterocycles. The Kier molecular flexibility index (Phi) is 2.60. The Morgan fingerprint density at radius 1 is 1.36 bits per heavy atom. The van der Waals surface area contributed by atoms with Gasteiger partial charge >= 0.3 is 0 Å². The van der Waals surface area contributed by atoms with Crippen LogP contribution in [0.1, 0.15) is 19.7 Å². The van der Waals surface area contributed by atoms with E-state index in [1.54, 1.807) is 4.68 Å². The summed E-state index contributed by atoms with van der Waals surface area (Å²) in [5.74, 6) is 0.852. The van der Waals surface area contributed by atoms with Crippen LogP contribution < -0.4 is 0 Å². The largest absolute Gasteiger partial charge is 0.222 e. The lowest BCUT2D eigenvalue weighted by molar-refractivity contribution is 0.920. The maximum atomic E-state index is 4.04. The van der Waals surface area contributed by atoms with Crippen molar-refractivity contribution in [1.82, 2.24) is 14.8 Å². The van der Waals surface area contributed by atoms with Gasteiger partial charge in [0, 0.05) is 6.20 Å². The van der Waals surface area contributed by atoms with E-state index >= 15 is 0 Å². The van der Waals surface area contributed by atoms with Crippen LogP contribution in [0.4, 0.5) is 0 Å². The van der Waals surface area contributed by atoms with Crippen molar-refractivity contribution < 1.29 is 0 Å². The molecule has 0 aromatic carbocycles. The lowest BCUT2D eigenvalue weighted by Gasteiger charge is -1.91. The fourth-order valence-corrected chi connectivity index (χ4v) is 0.783. The number of rotatable bonds is 2. The van der Waals surface area contributed by atoms with E-state index < -0.39 is 0 Å². The third-order valence-electron chi connectivity index (χ3n) is 1.21. The van der Waals surface area contributed by atoms with Crippen LogP contribution in [0.3, 0.4) is 0 Å². The molecule has 0 saturated carbocycles. The zero-order chi connectivity index (χ0) is 8.10. The molecule has 0 atom stereocenters. The Morgan fingerprint density at radius 2 is 2.18 bits per heavy atom. The molecule has 1 aromatic heterocycles. The van der Waals surface area contributed by atoms with Gasteiger partial charge in [0.1, 0.15) is 6.33 Å². The Hall–Kier alpha value is -1.38. The number of hydrogen-bond acceptors (Lipinski definition) is 2. The summed E-state index contributed by atoms with van der Waals surface area (Å²) < 4.78 is 1.72. The minimum atomic E-state index is 0.852. The minimum absolute atomic E-state index is 0.852. The Balaban J connectivity index is 2.95. The van der Waals surface area contributed by atoms with Gasteiger partial charge in [0.25, 0.3) is 0 Å². The summed E-state index contributed by atoms with van der Waals surface area (Å²) in [4.78, 5) is 4.04. The highest BCUT2D eigenvalue weighted by molar-refractivity contribution is 5.42. The molecule has 58 valence electrons. The van der Waals surface area contributed by atoms with E-state index in [4.69, 9.17) is 0 Å². The molecule has 0 amide bonds. The van der Waals surface area contributed by atoms with Gasteiger partial charge in [-0.25, -0.2) is 9.67 Å². The monoisotopic (exact) mass is 149 g/mol. The average molecular weight is 149 g/mol. The summed E-state index contributed by atoms with van der Waals surface area (Å²) in [6, 6.07) is 0. The number of hydrogen-bond donors (Lipinski definition) is 0. The maximum absolute atomic E-state index is 4.04. The molecule has 0 aliphatic carbocycles. The zero-order valence-electron chi connectivity index (χ0n) is 6.73. The fraction of sp³-hybridized carbons (Fsp3) is 0.250. The molecule has 1 heterocycles. The lowest BCUT2D eigenvalue weighted by atomic mass is 10.5. The molecule has 0 radical (unpaired) electrons. The van der Waals surface area contributed by atoms with Gasteiger partial charge in [0.2, 0.25) is 0 Å². The van der Waals surface area contributed by atoms with E-state index in [-0.39, 0.29) is 0 Å². The van der Waals surface area contributed by atoms with Crippen LogP contribution in [-0.2, 0) is 0 Å². The van der Waals surface area contributed by atoms with Gasteiger partial charge in [0.15, 0.2) is 5.82 Å². The molecule has 0 aliphatic rings. The second-order valence-electron chi connectivity index (χ2n) is 2.05. The van der Waals surface area contributed by atoms with E-state index in [2.05, 4.69) is 10.1 Å². The van der Waals surface area contributed by atoms with Crippen molar-refractivity contribution >= 4 is 12.3 Å². The molecule has 0 N–H and O–H groups in total. The molecular weight excluding hydrogens is 138 g/mol. The van der Waals surface area contributed by atoms with Crippen LogP contribution >= 0.6 is 0 Å². The Morgan fingerprint density at radius 3 is 2.82 bits per heavy atom. The first kappa shape index (κ1) is 7.72. The Labute approximate surface area is 66.1 Å². The van der Waals surface area contributed by atoms with Crippen LogP contribution in [0.15, 0.2) is 18.5 Å². The molecule has 0 bridgehead atoms. The van der Waals surface area contributed by atoms with Crippen molar-refractivity contribution in [1.29, 1.82) is 0 Å². The van der Waals surface area contributed by atoms with E-state index in [1.807, 2.05) is 38.3 Å². The van der Waals surface area contributed by atoms with E-state index in [9.17, 15) is 0 Å². The topological polar surface area (TPSA) is 30.7 Å². The summed E-state index contributed by atoms with van der Waals surface area (Å²) in [7, 11) is 0. The Bertz CT molecular complexity index is 244. The van der Waals surface area contributed by atoms with Crippen molar-refractivity contribution in [2.45, 2.75) is 13.8 Å². The second-order valence-corrected chi connectivity index (χ2v) is 2.05. The van der Waals surface area contributed by atoms with Crippen molar-refractivity contribution in [3.8, 4) is 0 Å². The molecule has 1 rings (SSSR count). The summed E-state index contributed by atoms with van der Waals surface area (Å²) in [5, 5.41) is 3.99. The molecule has 3 heteroatoms. The smallest absolute Gasteiger partial charge is 0.154 e. The first-order valence-electron chi connectivity index (χ1n) is 3.53. The zero-order valence-corrected chi connectivity index (χ0v) is 6.73. The molecule has 0 saturated heterocycles. The molecular formula is C8H11N3. The van der Waals surface area contributed by atoms with Crippen LogP contribution in [0.2, 0.25) is 0 Å². The van der Waals surface area contributed by atoms with Crippen molar-refractivity contribution in [2.24, 2.45) is 0 Å². The fourth-order valence-electron chi connectivity index (χ4n) is 0.783. The quantitative estimate of drug-likeness (QED) is 0.642. The average Bonchev–Trinajstić information content (AvgIpc) is 2.39. The van der Waals surface area contributed by atoms with Crippen LogP contribution in [0.5, 0.6) is 0 Å². The van der Waals surface area contributed by atoms with E-state index in [1.165, 1.54) is 6.33 Å². The highest BCUT2D eigenvalue weighted by atomic mass is 15.3. The lowest BCUT2D eigenvalue weighted by Crippen LogP contribution is -1.91. The first-order chi connectivity index (χ1) is 5.38. The standard InChI is InChI=1S/C8H11N3/c1-3-5-8-9-7-10-11(8)6-4-2/h3-7H,1-2H3/b5-3-,6-4-. The number of aromatic nitrogens is 3. The van der Waals surface area contributed by atoms with Crippen LogP contribution in [0, 0.1) is 0 Å². The predicted octanol–water partition coefficient (Wildman–Crippen LogP) is 1.80. The first-order valence-corrected chi connectivity index (χ1v) is 3.53. The molecule has 3 nitrogen and oxygen atoms in total. The molecule has 1 aromatic rings. The van der Waals surface area contributed by atoms with Gasteiger partial charge in [-0.1, -0.05) is 12.2 Å². The van der Waals surface area contributed by atoms with Crippen molar-refractivity contribution in [3.63, 3.8) is 0 Å².